The molecule has 31 heavy (non-hydrogen) atoms. The number of phenols is 1. The quantitative estimate of drug-likeness (QED) is 0.416. The molecule has 1 N–H and O–H groups in total. The Balaban J connectivity index is 0.000000491. The Morgan fingerprint density at radius 1 is 1.35 bits per heavy atom. The largest absolute Gasteiger partial charge is 0.505 e. The first-order chi connectivity index (χ1) is 14.7. The number of amides is 1. The van der Waals surface area contributed by atoms with Gasteiger partial charge in [0.05, 0.1) is 35.7 Å². The maximum Gasteiger partial charge on any atom is 0.273 e. The van der Waals surface area contributed by atoms with Gasteiger partial charge in [0.1, 0.15) is 17.3 Å². The summed E-state index contributed by atoms with van der Waals surface area (Å²) < 4.78 is 16.3. The zero-order valence-electron chi connectivity index (χ0n) is 17.1. The summed E-state index contributed by atoms with van der Waals surface area (Å²) in [4.78, 5) is 25.3. The number of halogens is 1. The molecule has 1 aliphatic heterocycles. The van der Waals surface area contributed by atoms with Crippen LogP contribution in [0.5, 0.6) is 11.5 Å². The summed E-state index contributed by atoms with van der Waals surface area (Å²) in [6.45, 7) is 6.27. The van der Waals surface area contributed by atoms with Gasteiger partial charge >= 0.3 is 0 Å². The molecule has 0 bridgehead atoms. The predicted molar refractivity (Wildman–Crippen MR) is 115 cm³/mol. The number of nitro groups is 1. The molecule has 0 radical (unpaired) electrons. The van der Waals surface area contributed by atoms with Crippen LogP contribution >= 0.6 is 0 Å². The smallest absolute Gasteiger partial charge is 0.273 e. The summed E-state index contributed by atoms with van der Waals surface area (Å²) in [7, 11) is 1.58. The molecule has 0 atom stereocenters. The van der Waals surface area contributed by atoms with Crippen LogP contribution < -0.4 is 9.64 Å². The molecule has 7 nitrogen and oxygen atoms in total. The molecule has 2 aliphatic rings. The van der Waals surface area contributed by atoms with Gasteiger partial charge in [-0.05, 0) is 36.6 Å². The van der Waals surface area contributed by atoms with Crippen molar-refractivity contribution in [2.45, 2.75) is 31.2 Å². The van der Waals surface area contributed by atoms with Crippen LogP contribution in [0.3, 0.4) is 0 Å². The SMILES string of the molecule is C=CC(=C)F.COc1ccc(CN2C(=O)C3(CCC3)c3cc([N+](=O)[O-])cc(O)c32)cc1. The van der Waals surface area contributed by atoms with Gasteiger partial charge in [0, 0.05) is 11.6 Å². The van der Waals surface area contributed by atoms with Crippen LogP contribution in [-0.2, 0) is 16.8 Å². The second kappa shape index (κ2) is 8.59. The van der Waals surface area contributed by atoms with Crippen LogP contribution in [0.4, 0.5) is 15.8 Å². The average molecular weight is 426 g/mol. The van der Waals surface area contributed by atoms with E-state index in [1.54, 1.807) is 12.0 Å². The van der Waals surface area contributed by atoms with Gasteiger partial charge in [-0.2, -0.15) is 0 Å². The molecular formula is C23H23FN2O5. The molecule has 0 saturated heterocycles. The number of phenolic OH excluding ortho intramolecular Hbond substituents is 1. The molecule has 1 fully saturated rings. The number of rotatable bonds is 5. The van der Waals surface area contributed by atoms with Crippen LogP contribution in [0.1, 0.15) is 30.4 Å². The number of fused-ring (bicyclic) bond motifs is 2. The Hall–Kier alpha value is -3.68. The molecule has 1 saturated carbocycles. The third kappa shape index (κ3) is 4.01. The molecule has 1 spiro atoms. The molecule has 1 amide bonds. The highest BCUT2D eigenvalue weighted by atomic mass is 19.1. The van der Waals surface area contributed by atoms with Crippen molar-refractivity contribution in [3.63, 3.8) is 0 Å². The third-order valence-corrected chi connectivity index (χ3v) is 5.65. The van der Waals surface area contributed by atoms with Crippen LogP contribution in [0, 0.1) is 10.1 Å². The summed E-state index contributed by atoms with van der Waals surface area (Å²) in [5, 5.41) is 21.6. The fraction of sp³-hybridized carbons (Fsp3) is 0.261. The van der Waals surface area contributed by atoms with Crippen LogP contribution in [0.15, 0.2) is 61.5 Å². The summed E-state index contributed by atoms with van der Waals surface area (Å²) >= 11 is 0. The van der Waals surface area contributed by atoms with Gasteiger partial charge in [0.15, 0.2) is 0 Å². The lowest BCUT2D eigenvalue weighted by molar-refractivity contribution is -0.385. The van der Waals surface area contributed by atoms with E-state index in [9.17, 15) is 24.4 Å². The molecule has 1 aliphatic carbocycles. The van der Waals surface area contributed by atoms with Gasteiger partial charge < -0.3 is 14.7 Å². The van der Waals surface area contributed by atoms with Gasteiger partial charge in [0.25, 0.3) is 5.69 Å². The maximum absolute atomic E-state index is 13.1. The Bertz CT molecular complexity index is 1040. The number of hydrogen-bond acceptors (Lipinski definition) is 5. The second-order valence-electron chi connectivity index (χ2n) is 7.44. The van der Waals surface area contributed by atoms with Crippen molar-refractivity contribution < 1.29 is 24.0 Å². The van der Waals surface area contributed by atoms with Gasteiger partial charge in [0.2, 0.25) is 5.91 Å². The number of aromatic hydroxyl groups is 1. The minimum atomic E-state index is -0.731. The van der Waals surface area contributed by atoms with Crippen LogP contribution in [0.25, 0.3) is 0 Å². The van der Waals surface area contributed by atoms with Crippen LogP contribution in [0.2, 0.25) is 0 Å². The molecule has 4 rings (SSSR count). The number of methoxy groups -OCH3 is 1. The fourth-order valence-electron chi connectivity index (χ4n) is 3.91. The highest BCUT2D eigenvalue weighted by molar-refractivity contribution is 6.10. The number of benzene rings is 2. The van der Waals surface area contributed by atoms with E-state index in [0.29, 0.717) is 30.6 Å². The van der Waals surface area contributed by atoms with Crippen molar-refractivity contribution in [1.82, 2.24) is 0 Å². The van der Waals surface area contributed by atoms with E-state index in [-0.39, 0.29) is 17.3 Å². The zero-order chi connectivity index (χ0) is 22.8. The second-order valence-corrected chi connectivity index (χ2v) is 7.44. The average Bonchev–Trinajstić information content (AvgIpc) is 2.97. The molecule has 162 valence electrons. The third-order valence-electron chi connectivity index (χ3n) is 5.65. The van der Waals surface area contributed by atoms with Crippen molar-refractivity contribution in [2.24, 2.45) is 0 Å². The van der Waals surface area contributed by atoms with E-state index in [0.717, 1.165) is 29.9 Å². The Kier molecular flexibility index (Phi) is 6.10. The molecule has 8 heteroatoms. The Labute approximate surface area is 179 Å². The summed E-state index contributed by atoms with van der Waals surface area (Å²) in [6, 6.07) is 9.90. The highest BCUT2D eigenvalue weighted by Gasteiger charge is 2.55. The summed E-state index contributed by atoms with van der Waals surface area (Å²) in [5.41, 5.74) is 0.946. The lowest BCUT2D eigenvalue weighted by atomic mass is 9.65. The minimum absolute atomic E-state index is 0.0923. The maximum atomic E-state index is 13.1. The Morgan fingerprint density at radius 3 is 2.42 bits per heavy atom. The van der Waals surface area contributed by atoms with E-state index >= 15 is 0 Å². The van der Waals surface area contributed by atoms with Gasteiger partial charge in [-0.1, -0.05) is 31.7 Å². The van der Waals surface area contributed by atoms with E-state index in [4.69, 9.17) is 4.74 Å². The first kappa shape index (κ1) is 22.0. The Morgan fingerprint density at radius 2 is 1.97 bits per heavy atom. The number of hydrogen-bond donors (Lipinski definition) is 1. The number of nitro benzene ring substituents is 1. The summed E-state index contributed by atoms with van der Waals surface area (Å²) in [6.07, 6.45) is 3.25. The van der Waals surface area contributed by atoms with Gasteiger partial charge in [-0.3, -0.25) is 14.9 Å². The van der Waals surface area contributed by atoms with Gasteiger partial charge in [-0.15, -0.1) is 0 Å². The van der Waals surface area contributed by atoms with Crippen molar-refractivity contribution >= 4 is 17.3 Å². The lowest BCUT2D eigenvalue weighted by Crippen LogP contribution is -2.44. The summed E-state index contributed by atoms with van der Waals surface area (Å²) in [5.74, 6) is -0.0777. The molecule has 2 aromatic carbocycles. The molecular weight excluding hydrogens is 403 g/mol. The molecule has 0 aromatic heterocycles. The van der Waals surface area contributed by atoms with Crippen molar-refractivity contribution in [3.8, 4) is 11.5 Å². The van der Waals surface area contributed by atoms with E-state index in [2.05, 4.69) is 13.2 Å². The molecule has 2 aromatic rings. The minimum Gasteiger partial charge on any atom is -0.505 e. The fourth-order valence-corrected chi connectivity index (χ4v) is 3.91. The number of carbonyl (C=O) groups excluding carboxylic acids is 1. The van der Waals surface area contributed by atoms with Crippen LogP contribution in [-0.4, -0.2) is 23.0 Å². The first-order valence-corrected chi connectivity index (χ1v) is 9.67. The number of nitrogens with zero attached hydrogens (tertiary/aromatic N) is 2. The molecule has 1 heterocycles. The number of allylic oxidation sites excluding steroid dienone is 2. The first-order valence-electron chi connectivity index (χ1n) is 9.67. The molecule has 0 unspecified atom stereocenters. The predicted octanol–water partition coefficient (Wildman–Crippen LogP) is 4.93. The normalized spacial score (nSPS) is 15.4. The topological polar surface area (TPSA) is 92.9 Å². The van der Waals surface area contributed by atoms with Gasteiger partial charge in [-0.25, -0.2) is 4.39 Å². The monoisotopic (exact) mass is 426 g/mol. The van der Waals surface area contributed by atoms with E-state index in [1.165, 1.54) is 6.07 Å². The number of non-ortho nitro benzene ring substituents is 1. The van der Waals surface area contributed by atoms with Crippen molar-refractivity contribution in [2.75, 3.05) is 12.0 Å². The van der Waals surface area contributed by atoms with Crippen molar-refractivity contribution in [1.29, 1.82) is 0 Å². The number of anilines is 1. The number of carbonyl (C=O) groups is 1. The van der Waals surface area contributed by atoms with E-state index in [1.807, 2.05) is 24.3 Å². The zero-order valence-corrected chi connectivity index (χ0v) is 17.1. The highest BCUT2D eigenvalue weighted by Crippen LogP contribution is 2.57. The van der Waals surface area contributed by atoms with Crippen molar-refractivity contribution in [3.05, 3.63) is 82.7 Å². The van der Waals surface area contributed by atoms with E-state index < -0.39 is 16.2 Å². The number of ether oxygens (including phenoxy) is 1. The lowest BCUT2D eigenvalue weighted by Gasteiger charge is -2.36. The standard InChI is InChI=1S/C19H18N2O5.C4H5F/c1-26-14-5-3-12(4-6-14)11-20-17-15(19(18(20)23)7-2-8-19)9-13(21(24)25)10-16(17)22;1-3-4(2)5/h3-6,9-10,22H,2,7-8,11H2,1H3;3H,1-2H2.